The molecule has 0 atom stereocenters. The third-order valence-electron chi connectivity index (χ3n) is 5.16. The van der Waals surface area contributed by atoms with E-state index in [-0.39, 0.29) is 7.43 Å². The number of halogens is 1. The molecule has 0 fully saturated rings. The van der Waals surface area contributed by atoms with Gasteiger partial charge in [0.2, 0.25) is 0 Å². The number of benzene rings is 2. The predicted octanol–water partition coefficient (Wildman–Crippen LogP) is 9.14. The van der Waals surface area contributed by atoms with Crippen LogP contribution in [0.15, 0.2) is 65.8 Å². The fraction of sp³-hybridized carbons (Fsp3) is 0.344. The highest BCUT2D eigenvalue weighted by Gasteiger charge is 2.14. The molecular weight excluding hydrogens is 522 g/mol. The van der Waals surface area contributed by atoms with E-state index in [0.717, 1.165) is 12.1 Å². The lowest BCUT2D eigenvalue weighted by atomic mass is 10.1. The molecule has 0 saturated carbocycles. The average molecular weight is 566 g/mol. The van der Waals surface area contributed by atoms with Crippen molar-refractivity contribution in [1.29, 1.82) is 5.26 Å². The number of nitrogens with zero attached hydrogens (tertiary/aromatic N) is 3. The molecule has 0 saturated heterocycles. The molecule has 0 aliphatic heterocycles. The van der Waals surface area contributed by atoms with Crippen LogP contribution in [0.1, 0.15) is 61.0 Å². The van der Waals surface area contributed by atoms with Crippen LogP contribution in [0.5, 0.6) is 11.5 Å². The number of anilines is 3. The summed E-state index contributed by atoms with van der Waals surface area (Å²) >= 11 is 6.46. The molecule has 3 N–H and O–H groups in total. The largest absolute Gasteiger partial charge is 0.492 e. The summed E-state index contributed by atoms with van der Waals surface area (Å²) in [6, 6.07) is 11.0. The van der Waals surface area contributed by atoms with Gasteiger partial charge >= 0.3 is 0 Å². The molecule has 0 spiro atoms. The van der Waals surface area contributed by atoms with Crippen LogP contribution >= 0.6 is 11.6 Å². The highest BCUT2D eigenvalue weighted by Crippen LogP contribution is 2.36. The Morgan fingerprint density at radius 1 is 1.12 bits per heavy atom. The minimum atomic E-state index is 0. The van der Waals surface area contributed by atoms with Gasteiger partial charge in [0.15, 0.2) is 0 Å². The fourth-order valence-electron chi connectivity index (χ4n) is 3.17. The molecule has 216 valence electrons. The number of aliphatic imine (C=N–C) groups is 1. The van der Waals surface area contributed by atoms with Gasteiger partial charge in [-0.2, -0.15) is 5.26 Å². The highest BCUT2D eigenvalue weighted by atomic mass is 35.5. The van der Waals surface area contributed by atoms with Gasteiger partial charge < -0.3 is 20.5 Å². The molecule has 0 amide bonds. The summed E-state index contributed by atoms with van der Waals surface area (Å²) in [5, 5.41) is 14.0. The van der Waals surface area contributed by atoms with Gasteiger partial charge in [-0.25, -0.2) is 0 Å². The number of nitrogen functional groups attached to an aromatic ring is 1. The number of fused-ring (bicyclic) bond motifs is 1. The molecule has 3 rings (SSSR count). The molecule has 1 heterocycles. The molecule has 0 aliphatic rings. The summed E-state index contributed by atoms with van der Waals surface area (Å²) in [6.45, 7) is 12.7. The minimum Gasteiger partial charge on any atom is -0.492 e. The Hall–Kier alpha value is -4.02. The molecule has 0 aliphatic carbocycles. The van der Waals surface area contributed by atoms with Crippen molar-refractivity contribution < 1.29 is 9.47 Å². The van der Waals surface area contributed by atoms with Gasteiger partial charge in [0.05, 0.1) is 39.8 Å². The first kappa shape index (κ1) is 36.0. The second-order valence-electron chi connectivity index (χ2n) is 7.75. The number of allylic oxidation sites excluding steroid dienone is 3. The number of pyridine rings is 1. The van der Waals surface area contributed by atoms with Crippen molar-refractivity contribution in [2.75, 3.05) is 31.3 Å². The third-order valence-corrected chi connectivity index (χ3v) is 5.46. The van der Waals surface area contributed by atoms with E-state index in [1.54, 1.807) is 31.3 Å². The Balaban J connectivity index is 0.00000199. The predicted molar refractivity (Wildman–Crippen MR) is 174 cm³/mol. The van der Waals surface area contributed by atoms with Gasteiger partial charge in [0.1, 0.15) is 24.2 Å². The van der Waals surface area contributed by atoms with Crippen LogP contribution in [-0.2, 0) is 0 Å². The second-order valence-corrected chi connectivity index (χ2v) is 8.16. The van der Waals surface area contributed by atoms with Crippen molar-refractivity contribution >= 4 is 45.3 Å². The van der Waals surface area contributed by atoms with Crippen LogP contribution in [0.2, 0.25) is 5.02 Å². The minimum absolute atomic E-state index is 0. The van der Waals surface area contributed by atoms with E-state index in [1.165, 1.54) is 6.20 Å². The Kier molecular flexibility index (Phi) is 18.0. The van der Waals surface area contributed by atoms with Crippen LogP contribution in [0.3, 0.4) is 0 Å². The van der Waals surface area contributed by atoms with Crippen LogP contribution in [-0.4, -0.2) is 31.0 Å². The fourth-order valence-corrected chi connectivity index (χ4v) is 3.40. The zero-order valence-corrected chi connectivity index (χ0v) is 24.8. The number of hydrogen-bond donors (Lipinski definition) is 2. The van der Waals surface area contributed by atoms with Crippen LogP contribution in [0.4, 0.5) is 17.1 Å². The molecule has 0 bridgehead atoms. The van der Waals surface area contributed by atoms with Gasteiger partial charge in [0.25, 0.3) is 0 Å². The maximum absolute atomic E-state index is 9.62. The van der Waals surface area contributed by atoms with E-state index < -0.39 is 0 Å². The van der Waals surface area contributed by atoms with E-state index >= 15 is 0 Å². The molecule has 3 aromatic rings. The summed E-state index contributed by atoms with van der Waals surface area (Å²) in [5.74, 6) is 1.10. The number of nitrogens with one attached hydrogen (secondary N) is 1. The highest BCUT2D eigenvalue weighted by molar-refractivity contribution is 6.32. The normalized spacial score (nSPS) is 10.6. The lowest BCUT2D eigenvalue weighted by molar-refractivity contribution is 0.342. The van der Waals surface area contributed by atoms with Gasteiger partial charge in [-0.1, -0.05) is 58.0 Å². The first-order valence-electron chi connectivity index (χ1n) is 13.1. The molecule has 8 heteroatoms. The number of ether oxygens (including phenoxy) is 2. The van der Waals surface area contributed by atoms with Crippen molar-refractivity contribution in [1.82, 2.24) is 4.98 Å². The maximum atomic E-state index is 9.62. The lowest BCUT2D eigenvalue weighted by Crippen LogP contribution is -2.09. The Morgan fingerprint density at radius 3 is 2.38 bits per heavy atom. The third kappa shape index (κ3) is 10.6. The summed E-state index contributed by atoms with van der Waals surface area (Å²) < 4.78 is 11.4. The molecule has 2 aromatic carbocycles. The van der Waals surface area contributed by atoms with Gasteiger partial charge in [-0.15, -0.1) is 0 Å². The number of rotatable bonds is 9. The first-order valence-corrected chi connectivity index (χ1v) is 13.4. The number of hydrogen-bond acceptors (Lipinski definition) is 7. The molecule has 40 heavy (non-hydrogen) atoms. The van der Waals surface area contributed by atoms with Crippen molar-refractivity contribution in [2.24, 2.45) is 4.99 Å². The number of nitrogens with two attached hydrogens (primary N) is 1. The molecule has 0 unspecified atom stereocenters. The number of nitriles is 1. The number of aromatic nitrogens is 1. The van der Waals surface area contributed by atoms with Crippen LogP contribution in [0.25, 0.3) is 10.9 Å². The van der Waals surface area contributed by atoms with Crippen molar-refractivity contribution in [3.8, 4) is 17.6 Å². The lowest BCUT2D eigenvalue weighted by Gasteiger charge is -2.15. The average Bonchev–Trinajstić information content (AvgIpc) is 2.96. The first-order chi connectivity index (χ1) is 18.9. The molecule has 1 aromatic heterocycles. The van der Waals surface area contributed by atoms with Gasteiger partial charge in [0, 0.05) is 30.4 Å². The Labute approximate surface area is 245 Å². The van der Waals surface area contributed by atoms with Crippen molar-refractivity contribution in [3.05, 3.63) is 71.4 Å². The van der Waals surface area contributed by atoms with E-state index in [1.807, 2.05) is 65.0 Å². The monoisotopic (exact) mass is 565 g/mol. The van der Waals surface area contributed by atoms with Gasteiger partial charge in [-0.05, 0) is 57.5 Å². The maximum Gasteiger partial charge on any atom is 0.144 e. The summed E-state index contributed by atoms with van der Waals surface area (Å²) in [5.41, 5.74) is 9.77. The standard InChI is InChI=1S/C25H26ClN5O2.C4H8.C2H6.CH4/c1-4-6-7-18(29-3)15-33-23-9-8-17(10-20(23)26)31-25-16(13-27)14-30-22-12-24(32-5-2)21(28)11-19(22)25;1-3-4-2;1-2;/h6-12,14H,4-5,15,28H2,1-3H3,(H,30,31);3-4H,1-2H3;1-2H3;1H4/b7-6-,29-18?;;;. The zero-order chi connectivity index (χ0) is 29.2. The smallest absolute Gasteiger partial charge is 0.144 e. The molecule has 0 radical (unpaired) electrons. The van der Waals surface area contributed by atoms with Crippen molar-refractivity contribution in [2.45, 2.75) is 55.4 Å². The van der Waals surface area contributed by atoms with E-state index in [0.29, 0.717) is 63.3 Å². The molecular formula is C32H44ClN5O2. The summed E-state index contributed by atoms with van der Waals surface area (Å²) in [4.78, 5) is 8.59. The van der Waals surface area contributed by atoms with E-state index in [4.69, 9.17) is 26.8 Å². The zero-order valence-electron chi connectivity index (χ0n) is 24.0. The van der Waals surface area contributed by atoms with Crippen LogP contribution < -0.4 is 20.5 Å². The van der Waals surface area contributed by atoms with E-state index in [9.17, 15) is 5.26 Å². The Morgan fingerprint density at radius 2 is 1.82 bits per heavy atom. The second kappa shape index (κ2) is 20.0. The Bertz CT molecular complexity index is 1320. The van der Waals surface area contributed by atoms with Gasteiger partial charge in [-0.3, -0.25) is 9.98 Å². The van der Waals surface area contributed by atoms with E-state index in [2.05, 4.69) is 28.3 Å². The van der Waals surface area contributed by atoms with Crippen LogP contribution in [0, 0.1) is 11.3 Å². The summed E-state index contributed by atoms with van der Waals surface area (Å²) in [6.07, 6.45) is 10.4. The van der Waals surface area contributed by atoms with Crippen molar-refractivity contribution in [3.63, 3.8) is 0 Å². The molecule has 7 nitrogen and oxygen atoms in total. The summed E-state index contributed by atoms with van der Waals surface area (Å²) in [7, 11) is 1.73. The SMILES string of the molecule is C.CC.CC/C=C\C(COc1ccc(Nc2c(C#N)cnc3cc(OCC)c(N)cc23)cc1Cl)=NC.CC=CC. The quantitative estimate of drug-likeness (QED) is 0.152. The topological polar surface area (TPSA) is 106 Å².